The van der Waals surface area contributed by atoms with Crippen LogP contribution in [0.25, 0.3) is 10.2 Å². The molecule has 0 radical (unpaired) electrons. The second-order valence-corrected chi connectivity index (χ2v) is 9.94. The third-order valence-electron chi connectivity index (χ3n) is 6.31. The molecule has 4 heterocycles. The number of ether oxygens (including phenoxy) is 1. The van der Waals surface area contributed by atoms with Gasteiger partial charge in [0.1, 0.15) is 0 Å². The number of rotatable bonds is 5. The molecule has 2 aliphatic rings. The Balaban J connectivity index is 1.18. The fourth-order valence-electron chi connectivity index (χ4n) is 4.54. The van der Waals surface area contributed by atoms with Crippen LogP contribution in [-0.4, -0.2) is 65.2 Å². The minimum Gasteiger partial charge on any atom is -0.379 e. The quantitative estimate of drug-likeness (QED) is 0.617. The molecule has 2 aromatic heterocycles. The summed E-state index contributed by atoms with van der Waals surface area (Å²) in [5.41, 5.74) is 4.15. The molecule has 1 N–H and O–H groups in total. The number of nitrogens with one attached hydrogen (secondary N) is 1. The van der Waals surface area contributed by atoms with Crippen LogP contribution in [0.5, 0.6) is 0 Å². The van der Waals surface area contributed by atoms with Crippen molar-refractivity contribution in [3.8, 4) is 0 Å². The second-order valence-electron chi connectivity index (χ2n) is 8.91. The molecule has 1 amide bonds. The predicted octanol–water partition coefficient (Wildman–Crippen LogP) is 3.39. The highest BCUT2D eigenvalue weighted by atomic mass is 32.1. The first kappa shape index (κ1) is 22.2. The normalized spacial score (nSPS) is 18.1. The molecule has 0 atom stereocenters. The van der Waals surface area contributed by atoms with E-state index in [1.807, 2.05) is 19.9 Å². The lowest BCUT2D eigenvalue weighted by atomic mass is 9.96. The predicted molar refractivity (Wildman–Crippen MR) is 131 cm³/mol. The number of anilines is 2. The van der Waals surface area contributed by atoms with Crippen LogP contribution in [-0.2, 0) is 16.1 Å². The van der Waals surface area contributed by atoms with Gasteiger partial charge in [-0.05, 0) is 50.5 Å². The number of amides is 1. The molecule has 3 aromatic rings. The standard InChI is InChI=1S/C24H30N6O2S/c1-16-13-17(2)26-23(25-16)30-7-5-19(6-8-30)22(31)28-24-27-20-4-3-18(14-21(20)33-24)15-29-9-11-32-12-10-29/h3-4,13-14,19H,5-12,15H2,1-2H3,(H,27,28,31). The highest BCUT2D eigenvalue weighted by molar-refractivity contribution is 7.22. The minimum absolute atomic E-state index is 0.0175. The third kappa shape index (κ3) is 5.31. The van der Waals surface area contributed by atoms with Gasteiger partial charge in [-0.3, -0.25) is 9.69 Å². The Morgan fingerprint density at radius 2 is 1.79 bits per heavy atom. The number of hydrogen-bond donors (Lipinski definition) is 1. The van der Waals surface area contributed by atoms with Crippen molar-refractivity contribution in [2.24, 2.45) is 5.92 Å². The zero-order valence-electron chi connectivity index (χ0n) is 19.2. The average Bonchev–Trinajstić information content (AvgIpc) is 3.20. The lowest BCUT2D eigenvalue weighted by molar-refractivity contribution is -0.120. The van der Waals surface area contributed by atoms with Crippen molar-refractivity contribution >= 4 is 38.5 Å². The van der Waals surface area contributed by atoms with Crippen molar-refractivity contribution in [2.45, 2.75) is 33.2 Å². The molecule has 174 valence electrons. The van der Waals surface area contributed by atoms with Gasteiger partial charge in [-0.15, -0.1) is 0 Å². The van der Waals surface area contributed by atoms with Crippen LogP contribution in [0, 0.1) is 19.8 Å². The maximum Gasteiger partial charge on any atom is 0.229 e. The molecular formula is C24H30N6O2S. The van der Waals surface area contributed by atoms with Crippen LogP contribution >= 0.6 is 11.3 Å². The fraction of sp³-hybridized carbons (Fsp3) is 0.500. The molecular weight excluding hydrogens is 436 g/mol. The molecule has 8 nitrogen and oxygen atoms in total. The summed E-state index contributed by atoms with van der Waals surface area (Å²) < 4.78 is 6.55. The highest BCUT2D eigenvalue weighted by Gasteiger charge is 2.27. The smallest absolute Gasteiger partial charge is 0.229 e. The van der Waals surface area contributed by atoms with Gasteiger partial charge in [-0.25, -0.2) is 15.0 Å². The summed E-state index contributed by atoms with van der Waals surface area (Å²) in [6.45, 7) is 10.0. The summed E-state index contributed by atoms with van der Waals surface area (Å²) in [6.07, 6.45) is 1.58. The number of hydrogen-bond acceptors (Lipinski definition) is 8. The van der Waals surface area contributed by atoms with E-state index in [4.69, 9.17) is 4.74 Å². The van der Waals surface area contributed by atoms with Gasteiger partial charge >= 0.3 is 0 Å². The Labute approximate surface area is 198 Å². The SMILES string of the molecule is Cc1cc(C)nc(N2CCC(C(=O)Nc3nc4ccc(CN5CCOCC5)cc4s3)CC2)n1. The largest absolute Gasteiger partial charge is 0.379 e. The van der Waals surface area contributed by atoms with Crippen molar-refractivity contribution in [2.75, 3.05) is 49.6 Å². The molecule has 1 aromatic carbocycles. The first-order chi connectivity index (χ1) is 16.0. The molecule has 2 fully saturated rings. The summed E-state index contributed by atoms with van der Waals surface area (Å²) in [7, 11) is 0. The average molecular weight is 467 g/mol. The Morgan fingerprint density at radius 1 is 1.06 bits per heavy atom. The third-order valence-corrected chi connectivity index (χ3v) is 7.25. The second kappa shape index (κ2) is 9.70. The molecule has 5 rings (SSSR count). The molecule has 2 saturated heterocycles. The van der Waals surface area contributed by atoms with Gasteiger partial charge in [-0.2, -0.15) is 0 Å². The monoisotopic (exact) mass is 466 g/mol. The summed E-state index contributed by atoms with van der Waals surface area (Å²) in [5, 5.41) is 3.75. The molecule has 0 bridgehead atoms. The van der Waals surface area contributed by atoms with Gasteiger partial charge in [-0.1, -0.05) is 17.4 Å². The number of aromatic nitrogens is 3. The van der Waals surface area contributed by atoms with Crippen molar-refractivity contribution < 1.29 is 9.53 Å². The van der Waals surface area contributed by atoms with E-state index in [1.165, 1.54) is 5.56 Å². The van der Waals surface area contributed by atoms with Crippen LogP contribution in [0.2, 0.25) is 0 Å². The number of piperidine rings is 1. The highest BCUT2D eigenvalue weighted by Crippen LogP contribution is 2.29. The van der Waals surface area contributed by atoms with Crippen molar-refractivity contribution in [3.05, 3.63) is 41.2 Å². The van der Waals surface area contributed by atoms with E-state index in [0.717, 1.165) is 86.3 Å². The number of fused-ring (bicyclic) bond motifs is 1. The van der Waals surface area contributed by atoms with Crippen molar-refractivity contribution in [1.29, 1.82) is 0 Å². The van der Waals surface area contributed by atoms with Crippen LogP contribution in [0.4, 0.5) is 11.1 Å². The lowest BCUT2D eigenvalue weighted by Gasteiger charge is -2.31. The Bertz CT molecular complexity index is 1110. The number of thiazole rings is 1. The molecule has 9 heteroatoms. The van der Waals surface area contributed by atoms with E-state index in [9.17, 15) is 4.79 Å². The molecule has 33 heavy (non-hydrogen) atoms. The van der Waals surface area contributed by atoms with Crippen LogP contribution < -0.4 is 10.2 Å². The molecule has 0 spiro atoms. The number of carbonyl (C=O) groups is 1. The van der Waals surface area contributed by atoms with E-state index in [0.29, 0.717) is 5.13 Å². The number of aryl methyl sites for hydroxylation is 2. The van der Waals surface area contributed by atoms with E-state index >= 15 is 0 Å². The number of benzene rings is 1. The summed E-state index contributed by atoms with van der Waals surface area (Å²) in [4.78, 5) is 31.3. The maximum absolute atomic E-state index is 12.9. The fourth-order valence-corrected chi connectivity index (χ4v) is 5.47. The zero-order chi connectivity index (χ0) is 22.8. The van der Waals surface area contributed by atoms with Gasteiger partial charge in [0.25, 0.3) is 0 Å². The van der Waals surface area contributed by atoms with Gasteiger partial charge in [0.15, 0.2) is 5.13 Å². The Morgan fingerprint density at radius 3 is 2.52 bits per heavy atom. The first-order valence-corrected chi connectivity index (χ1v) is 12.4. The van der Waals surface area contributed by atoms with Crippen molar-refractivity contribution in [1.82, 2.24) is 19.9 Å². The summed E-state index contributed by atoms with van der Waals surface area (Å²) in [6, 6.07) is 8.36. The van der Waals surface area contributed by atoms with Gasteiger partial charge in [0.2, 0.25) is 11.9 Å². The van der Waals surface area contributed by atoms with Crippen LogP contribution in [0.1, 0.15) is 29.8 Å². The van der Waals surface area contributed by atoms with Crippen LogP contribution in [0.15, 0.2) is 24.3 Å². The van der Waals surface area contributed by atoms with E-state index in [-0.39, 0.29) is 11.8 Å². The minimum atomic E-state index is -0.0175. The Hall–Kier alpha value is -2.62. The number of carbonyl (C=O) groups excluding carboxylic acids is 1. The maximum atomic E-state index is 12.9. The molecule has 2 aliphatic heterocycles. The molecule has 0 unspecified atom stereocenters. The zero-order valence-corrected chi connectivity index (χ0v) is 20.0. The van der Waals surface area contributed by atoms with E-state index in [2.05, 4.69) is 48.3 Å². The van der Waals surface area contributed by atoms with Crippen LogP contribution in [0.3, 0.4) is 0 Å². The van der Waals surface area contributed by atoms with Gasteiger partial charge < -0.3 is 15.0 Å². The van der Waals surface area contributed by atoms with E-state index < -0.39 is 0 Å². The molecule has 0 saturated carbocycles. The van der Waals surface area contributed by atoms with E-state index in [1.54, 1.807) is 11.3 Å². The first-order valence-electron chi connectivity index (χ1n) is 11.6. The van der Waals surface area contributed by atoms with Gasteiger partial charge in [0, 0.05) is 50.0 Å². The summed E-state index contributed by atoms with van der Waals surface area (Å²) >= 11 is 1.55. The number of morpholine rings is 1. The van der Waals surface area contributed by atoms with Crippen molar-refractivity contribution in [3.63, 3.8) is 0 Å². The lowest BCUT2D eigenvalue weighted by Crippen LogP contribution is -2.39. The molecule has 0 aliphatic carbocycles. The summed E-state index contributed by atoms with van der Waals surface area (Å²) in [5.74, 6) is 0.810. The van der Waals surface area contributed by atoms with Gasteiger partial charge in [0.05, 0.1) is 23.4 Å². The topological polar surface area (TPSA) is 83.5 Å². The number of nitrogens with zero attached hydrogens (tertiary/aromatic N) is 5. The Kier molecular flexibility index (Phi) is 6.52.